The number of hydrogen-bond acceptors (Lipinski definition) is 5. The molecule has 0 spiro atoms. The first-order valence-electron chi connectivity index (χ1n) is 8.84. The van der Waals surface area contributed by atoms with E-state index in [1.54, 1.807) is 6.07 Å². The third kappa shape index (κ3) is 4.26. The minimum absolute atomic E-state index is 0.133. The zero-order valence-corrected chi connectivity index (χ0v) is 16.3. The maximum atomic E-state index is 12.6. The summed E-state index contributed by atoms with van der Waals surface area (Å²) in [5.74, 6) is 0.0361. The Kier molecular flexibility index (Phi) is 5.31. The number of amides is 2. The smallest absolute Gasteiger partial charge is 0.267 e. The van der Waals surface area contributed by atoms with Crippen molar-refractivity contribution in [1.82, 2.24) is 9.88 Å². The number of thiazole rings is 1. The van der Waals surface area contributed by atoms with Crippen LogP contribution in [0.2, 0.25) is 0 Å². The number of carbonyl (C=O) groups is 2. The van der Waals surface area contributed by atoms with Crippen molar-refractivity contribution in [2.75, 3.05) is 11.9 Å². The van der Waals surface area contributed by atoms with Crippen LogP contribution < -0.4 is 5.32 Å². The Hall–Kier alpha value is -2.51. The quantitative estimate of drug-likeness (QED) is 0.708. The van der Waals surface area contributed by atoms with Gasteiger partial charge in [-0.3, -0.25) is 14.9 Å². The molecule has 138 valence electrons. The fourth-order valence-electron chi connectivity index (χ4n) is 3.08. The van der Waals surface area contributed by atoms with E-state index in [-0.39, 0.29) is 11.8 Å². The Morgan fingerprint density at radius 3 is 2.78 bits per heavy atom. The molecular weight excluding hydrogens is 378 g/mol. The minimum atomic E-state index is -0.133. The van der Waals surface area contributed by atoms with Gasteiger partial charge in [0.25, 0.3) is 5.91 Å². The number of aromatic nitrogens is 1. The second kappa shape index (κ2) is 8.02. The third-order valence-corrected chi connectivity index (χ3v) is 6.39. The van der Waals surface area contributed by atoms with Gasteiger partial charge in [-0.1, -0.05) is 47.7 Å². The molecule has 0 saturated carbocycles. The molecule has 0 fully saturated rings. The predicted octanol–water partition coefficient (Wildman–Crippen LogP) is 3.97. The van der Waals surface area contributed by atoms with E-state index in [4.69, 9.17) is 0 Å². The number of nitrogens with zero attached hydrogens (tertiary/aromatic N) is 2. The summed E-state index contributed by atoms with van der Waals surface area (Å²) in [4.78, 5) is 32.9. The summed E-state index contributed by atoms with van der Waals surface area (Å²) < 4.78 is 0. The van der Waals surface area contributed by atoms with E-state index in [1.807, 2.05) is 46.7 Å². The highest BCUT2D eigenvalue weighted by Crippen LogP contribution is 2.29. The van der Waals surface area contributed by atoms with Crippen molar-refractivity contribution in [3.05, 3.63) is 68.9 Å². The van der Waals surface area contributed by atoms with Crippen molar-refractivity contribution >= 4 is 39.6 Å². The number of fused-ring (bicyclic) bond motifs is 1. The molecule has 0 bridgehead atoms. The number of nitrogens with one attached hydrogen (secondary N) is 1. The fourth-order valence-corrected chi connectivity index (χ4v) is 4.72. The predicted molar refractivity (Wildman–Crippen MR) is 108 cm³/mol. The van der Waals surface area contributed by atoms with E-state index in [1.165, 1.54) is 28.2 Å². The van der Waals surface area contributed by atoms with Gasteiger partial charge in [0.05, 0.1) is 17.1 Å². The lowest BCUT2D eigenvalue weighted by Gasteiger charge is -2.26. The fraction of sp³-hybridized carbons (Fsp3) is 0.250. The van der Waals surface area contributed by atoms with Gasteiger partial charge in [-0.2, -0.15) is 0 Å². The van der Waals surface area contributed by atoms with E-state index in [2.05, 4.69) is 10.3 Å². The topological polar surface area (TPSA) is 62.3 Å². The van der Waals surface area contributed by atoms with E-state index >= 15 is 0 Å². The van der Waals surface area contributed by atoms with Crippen LogP contribution in [0.25, 0.3) is 0 Å². The van der Waals surface area contributed by atoms with Crippen LogP contribution >= 0.6 is 22.7 Å². The lowest BCUT2D eigenvalue weighted by molar-refractivity contribution is -0.132. The van der Waals surface area contributed by atoms with Crippen LogP contribution in [0.15, 0.2) is 47.8 Å². The first-order valence-corrected chi connectivity index (χ1v) is 10.5. The van der Waals surface area contributed by atoms with Crippen molar-refractivity contribution in [2.24, 2.45) is 0 Å². The molecule has 5 nitrogen and oxygen atoms in total. The summed E-state index contributed by atoms with van der Waals surface area (Å²) in [5, 5.41) is 5.35. The Balaban J connectivity index is 1.36. The van der Waals surface area contributed by atoms with Crippen molar-refractivity contribution in [1.29, 1.82) is 0 Å². The van der Waals surface area contributed by atoms with E-state index < -0.39 is 0 Å². The second-order valence-corrected chi connectivity index (χ2v) is 8.40. The van der Waals surface area contributed by atoms with Crippen LogP contribution in [0, 0.1) is 0 Å². The Labute approximate surface area is 165 Å². The van der Waals surface area contributed by atoms with Crippen LogP contribution in [0.5, 0.6) is 0 Å². The van der Waals surface area contributed by atoms with Crippen LogP contribution in [0.3, 0.4) is 0 Å². The number of thiophene rings is 1. The maximum Gasteiger partial charge on any atom is 0.267 e. The molecular formula is C20H19N3O2S2. The Morgan fingerprint density at radius 2 is 2.00 bits per heavy atom. The zero-order chi connectivity index (χ0) is 18.6. The minimum Gasteiger partial charge on any atom is -0.337 e. The molecule has 0 saturated heterocycles. The molecule has 4 rings (SSSR count). The monoisotopic (exact) mass is 397 g/mol. The van der Waals surface area contributed by atoms with Gasteiger partial charge in [0.1, 0.15) is 0 Å². The largest absolute Gasteiger partial charge is 0.337 e. The van der Waals surface area contributed by atoms with Gasteiger partial charge in [0.15, 0.2) is 5.13 Å². The number of rotatable bonds is 5. The molecule has 0 atom stereocenters. The summed E-state index contributed by atoms with van der Waals surface area (Å²) >= 11 is 2.87. The summed E-state index contributed by atoms with van der Waals surface area (Å²) in [6, 6.07) is 13.7. The number of hydrogen-bond donors (Lipinski definition) is 1. The molecule has 3 heterocycles. The normalized spacial score (nSPS) is 13.3. The highest BCUT2D eigenvalue weighted by molar-refractivity contribution is 7.16. The second-order valence-electron chi connectivity index (χ2n) is 6.37. The summed E-state index contributed by atoms with van der Waals surface area (Å²) in [6.45, 7) is 1.26. The average Bonchev–Trinajstić information content (AvgIpc) is 3.35. The number of benzene rings is 1. The van der Waals surface area contributed by atoms with Crippen LogP contribution in [-0.4, -0.2) is 28.2 Å². The number of carbonyl (C=O) groups excluding carboxylic acids is 2. The molecule has 0 unspecified atom stereocenters. The number of anilines is 1. The molecule has 7 heteroatoms. The first-order chi connectivity index (χ1) is 13.2. The molecule has 2 amide bonds. The molecule has 1 aliphatic heterocycles. The van der Waals surface area contributed by atoms with Crippen molar-refractivity contribution in [2.45, 2.75) is 25.8 Å². The summed E-state index contributed by atoms with van der Waals surface area (Å²) in [6.07, 6.45) is 2.01. The molecule has 2 aromatic heterocycles. The highest BCUT2D eigenvalue weighted by Gasteiger charge is 2.24. The number of aryl methyl sites for hydroxylation is 1. The van der Waals surface area contributed by atoms with Crippen LogP contribution in [0.1, 0.15) is 32.2 Å². The van der Waals surface area contributed by atoms with E-state index in [0.717, 1.165) is 23.4 Å². The van der Waals surface area contributed by atoms with Crippen molar-refractivity contribution < 1.29 is 9.59 Å². The molecule has 3 aromatic rings. The van der Waals surface area contributed by atoms with Crippen molar-refractivity contribution in [3.63, 3.8) is 0 Å². The van der Waals surface area contributed by atoms with Crippen molar-refractivity contribution in [3.8, 4) is 0 Å². The average molecular weight is 398 g/mol. The summed E-state index contributed by atoms with van der Waals surface area (Å²) in [7, 11) is 0. The van der Waals surface area contributed by atoms with Gasteiger partial charge in [-0.15, -0.1) is 11.3 Å². The maximum absolute atomic E-state index is 12.6. The van der Waals surface area contributed by atoms with Crippen LogP contribution in [-0.2, 0) is 24.2 Å². The summed E-state index contributed by atoms with van der Waals surface area (Å²) in [5.41, 5.74) is 2.17. The molecule has 1 aromatic carbocycles. The van der Waals surface area contributed by atoms with E-state index in [0.29, 0.717) is 29.5 Å². The SMILES string of the molecule is O=C(Nc1nc2c(s1)CN(C(=O)CCc1ccccc1)CC2)c1cccs1. The van der Waals surface area contributed by atoms with Gasteiger partial charge < -0.3 is 4.90 Å². The molecule has 27 heavy (non-hydrogen) atoms. The van der Waals surface area contributed by atoms with Gasteiger partial charge >= 0.3 is 0 Å². The first kappa shape index (κ1) is 17.9. The lowest BCUT2D eigenvalue weighted by atomic mass is 10.1. The Morgan fingerprint density at radius 1 is 1.15 bits per heavy atom. The zero-order valence-electron chi connectivity index (χ0n) is 14.7. The Bertz CT molecular complexity index is 936. The molecule has 1 aliphatic rings. The van der Waals surface area contributed by atoms with Crippen LogP contribution in [0.4, 0.5) is 5.13 Å². The van der Waals surface area contributed by atoms with Gasteiger partial charge in [0, 0.05) is 24.3 Å². The molecule has 1 N–H and O–H groups in total. The standard InChI is InChI=1S/C20H19N3O2S2/c24-18(9-8-14-5-2-1-3-6-14)23-11-10-15-17(13-23)27-20(21-15)22-19(25)16-7-4-12-26-16/h1-7,12H,8-11,13H2,(H,21,22,25). The third-order valence-electron chi connectivity index (χ3n) is 4.52. The molecule has 0 aliphatic carbocycles. The van der Waals surface area contributed by atoms with Gasteiger partial charge in [-0.05, 0) is 23.4 Å². The van der Waals surface area contributed by atoms with Gasteiger partial charge in [-0.25, -0.2) is 4.98 Å². The van der Waals surface area contributed by atoms with Gasteiger partial charge in [0.2, 0.25) is 5.91 Å². The lowest BCUT2D eigenvalue weighted by Crippen LogP contribution is -2.35. The highest BCUT2D eigenvalue weighted by atomic mass is 32.1. The van der Waals surface area contributed by atoms with E-state index in [9.17, 15) is 9.59 Å². The molecule has 0 radical (unpaired) electrons.